The van der Waals surface area contributed by atoms with Gasteiger partial charge in [-0.2, -0.15) is 0 Å². The highest BCUT2D eigenvalue weighted by molar-refractivity contribution is 6.22. The van der Waals surface area contributed by atoms with Crippen LogP contribution in [0.3, 0.4) is 0 Å². The van der Waals surface area contributed by atoms with Crippen LogP contribution >= 0.6 is 0 Å². The predicted molar refractivity (Wildman–Crippen MR) is 101 cm³/mol. The number of imide groups is 1. The Morgan fingerprint density at radius 1 is 0.929 bits per heavy atom. The van der Waals surface area contributed by atoms with E-state index in [9.17, 15) is 19.2 Å². The molecule has 0 aliphatic carbocycles. The molecule has 2 aromatic rings. The van der Waals surface area contributed by atoms with Crippen molar-refractivity contribution in [2.75, 3.05) is 20.7 Å². The Labute approximate surface area is 162 Å². The van der Waals surface area contributed by atoms with Crippen molar-refractivity contribution in [3.05, 3.63) is 71.3 Å². The van der Waals surface area contributed by atoms with E-state index in [1.54, 1.807) is 62.6 Å². The molecule has 1 heterocycles. The Balaban J connectivity index is 1.88. The number of benzene rings is 2. The van der Waals surface area contributed by atoms with Crippen molar-refractivity contribution in [2.45, 2.75) is 12.5 Å². The first-order valence-electron chi connectivity index (χ1n) is 8.77. The maximum atomic E-state index is 12.8. The highest BCUT2D eigenvalue weighted by Crippen LogP contribution is 2.26. The number of carbonyl (C=O) groups excluding carboxylic acids is 4. The standard InChI is InChI=1S/C21H20N2O5/c1-22(2)18(24)13-28-21(27)17(12-14-8-4-3-5-9-14)23-19(25)15-10-6-7-11-16(15)20(23)26/h3-11,17H,12-13H2,1-2H3/t17-/m0/s1. The molecule has 1 aliphatic rings. The monoisotopic (exact) mass is 380 g/mol. The molecule has 1 aliphatic heterocycles. The van der Waals surface area contributed by atoms with E-state index < -0.39 is 36.3 Å². The van der Waals surface area contributed by atoms with Crippen molar-refractivity contribution in [1.29, 1.82) is 0 Å². The van der Waals surface area contributed by atoms with E-state index in [-0.39, 0.29) is 17.5 Å². The second-order valence-corrected chi connectivity index (χ2v) is 6.63. The minimum Gasteiger partial charge on any atom is -0.454 e. The predicted octanol–water partition coefficient (Wildman–Crippen LogP) is 1.53. The number of amides is 3. The average Bonchev–Trinajstić information content (AvgIpc) is 2.95. The van der Waals surface area contributed by atoms with Crippen molar-refractivity contribution in [1.82, 2.24) is 9.80 Å². The number of hydrogen-bond donors (Lipinski definition) is 0. The van der Waals surface area contributed by atoms with E-state index in [0.29, 0.717) is 0 Å². The average molecular weight is 380 g/mol. The van der Waals surface area contributed by atoms with Crippen LogP contribution in [0.15, 0.2) is 54.6 Å². The number of fused-ring (bicyclic) bond motifs is 1. The highest BCUT2D eigenvalue weighted by Gasteiger charge is 2.43. The van der Waals surface area contributed by atoms with Gasteiger partial charge in [-0.3, -0.25) is 19.3 Å². The Kier molecular flexibility index (Phi) is 5.54. The van der Waals surface area contributed by atoms with Gasteiger partial charge in [0.1, 0.15) is 6.04 Å². The minimum atomic E-state index is -1.16. The van der Waals surface area contributed by atoms with Gasteiger partial charge in [0.25, 0.3) is 17.7 Å². The van der Waals surface area contributed by atoms with Crippen molar-refractivity contribution < 1.29 is 23.9 Å². The largest absolute Gasteiger partial charge is 0.454 e. The second kappa shape index (κ2) is 8.04. The van der Waals surface area contributed by atoms with Crippen LogP contribution in [0, 0.1) is 0 Å². The van der Waals surface area contributed by atoms with Gasteiger partial charge in [0.05, 0.1) is 11.1 Å². The number of esters is 1. The lowest BCUT2D eigenvalue weighted by Gasteiger charge is -2.25. The molecule has 7 heteroatoms. The topological polar surface area (TPSA) is 84.0 Å². The molecule has 0 bridgehead atoms. The molecule has 0 N–H and O–H groups in total. The Bertz CT molecular complexity index is 888. The molecule has 7 nitrogen and oxygen atoms in total. The lowest BCUT2D eigenvalue weighted by molar-refractivity contribution is -0.154. The second-order valence-electron chi connectivity index (χ2n) is 6.63. The summed E-state index contributed by atoms with van der Waals surface area (Å²) in [5.74, 6) is -2.28. The fraction of sp³-hybridized carbons (Fsp3) is 0.238. The molecule has 0 unspecified atom stereocenters. The van der Waals surface area contributed by atoms with Crippen LogP contribution in [-0.4, -0.2) is 60.2 Å². The fourth-order valence-corrected chi connectivity index (χ4v) is 2.97. The summed E-state index contributed by atoms with van der Waals surface area (Å²) in [6, 6.07) is 14.3. The Hall–Kier alpha value is -3.48. The van der Waals surface area contributed by atoms with E-state index in [2.05, 4.69) is 0 Å². The van der Waals surface area contributed by atoms with Crippen molar-refractivity contribution in [3.8, 4) is 0 Å². The quantitative estimate of drug-likeness (QED) is 0.561. The van der Waals surface area contributed by atoms with Crippen molar-refractivity contribution >= 4 is 23.7 Å². The lowest BCUT2D eigenvalue weighted by Crippen LogP contribution is -2.47. The summed E-state index contributed by atoms with van der Waals surface area (Å²) in [5.41, 5.74) is 1.27. The van der Waals surface area contributed by atoms with E-state index in [4.69, 9.17) is 4.74 Å². The first kappa shape index (κ1) is 19.3. The number of carbonyl (C=O) groups is 4. The summed E-state index contributed by atoms with van der Waals surface area (Å²) in [7, 11) is 3.09. The molecule has 0 saturated carbocycles. The molecule has 0 radical (unpaired) electrons. The van der Waals surface area contributed by atoms with Gasteiger partial charge in [0, 0.05) is 20.5 Å². The number of hydrogen-bond acceptors (Lipinski definition) is 5. The van der Waals surface area contributed by atoms with E-state index in [1.165, 1.54) is 4.90 Å². The molecular formula is C21H20N2O5. The van der Waals surface area contributed by atoms with Crippen molar-refractivity contribution in [3.63, 3.8) is 0 Å². The maximum Gasteiger partial charge on any atom is 0.330 e. The third-order valence-corrected chi connectivity index (χ3v) is 4.52. The number of nitrogens with zero attached hydrogens (tertiary/aromatic N) is 2. The molecule has 0 saturated heterocycles. The Morgan fingerprint density at radius 2 is 1.46 bits per heavy atom. The van der Waals surface area contributed by atoms with Gasteiger partial charge in [-0.1, -0.05) is 42.5 Å². The SMILES string of the molecule is CN(C)C(=O)COC(=O)[C@H](Cc1ccccc1)N1C(=O)c2ccccc2C1=O. The molecule has 3 rings (SSSR count). The molecule has 144 valence electrons. The van der Waals surface area contributed by atoms with Crippen LogP contribution in [0.5, 0.6) is 0 Å². The van der Waals surface area contributed by atoms with Gasteiger partial charge in [0.15, 0.2) is 6.61 Å². The van der Waals surface area contributed by atoms with E-state index >= 15 is 0 Å². The van der Waals surface area contributed by atoms with E-state index in [1.807, 2.05) is 6.07 Å². The zero-order chi connectivity index (χ0) is 20.3. The van der Waals surface area contributed by atoms with Crippen LogP contribution in [0.1, 0.15) is 26.3 Å². The highest BCUT2D eigenvalue weighted by atomic mass is 16.5. The first-order valence-corrected chi connectivity index (χ1v) is 8.77. The van der Waals surface area contributed by atoms with Crippen molar-refractivity contribution in [2.24, 2.45) is 0 Å². The molecule has 3 amide bonds. The number of likely N-dealkylation sites (N-methyl/N-ethyl adjacent to an activating group) is 1. The van der Waals surface area contributed by atoms with Crippen LogP contribution in [0.2, 0.25) is 0 Å². The third-order valence-electron chi connectivity index (χ3n) is 4.52. The van der Waals surface area contributed by atoms with Gasteiger partial charge in [-0.05, 0) is 17.7 Å². The zero-order valence-electron chi connectivity index (χ0n) is 15.6. The van der Waals surface area contributed by atoms with Gasteiger partial charge in [-0.15, -0.1) is 0 Å². The molecule has 0 aromatic heterocycles. The molecule has 28 heavy (non-hydrogen) atoms. The van der Waals surface area contributed by atoms with Gasteiger partial charge < -0.3 is 9.64 Å². The summed E-state index contributed by atoms with van der Waals surface area (Å²) in [4.78, 5) is 52.4. The number of rotatable bonds is 6. The molecular weight excluding hydrogens is 360 g/mol. The third kappa shape index (κ3) is 3.78. The molecule has 0 spiro atoms. The fourth-order valence-electron chi connectivity index (χ4n) is 2.97. The summed E-state index contributed by atoms with van der Waals surface area (Å²) in [5, 5.41) is 0. The number of ether oxygens (including phenoxy) is 1. The van der Waals surface area contributed by atoms with Gasteiger partial charge in [-0.25, -0.2) is 4.79 Å². The summed E-state index contributed by atoms with van der Waals surface area (Å²) in [6.45, 7) is -0.458. The van der Waals surface area contributed by atoms with Crippen LogP contribution < -0.4 is 0 Å². The van der Waals surface area contributed by atoms with Crippen LogP contribution in [0.4, 0.5) is 0 Å². The van der Waals surface area contributed by atoms with Gasteiger partial charge in [0.2, 0.25) is 0 Å². The Morgan fingerprint density at radius 3 is 2.00 bits per heavy atom. The molecule has 2 aromatic carbocycles. The summed E-state index contributed by atoms with van der Waals surface area (Å²) in [6.07, 6.45) is 0.0985. The molecule has 0 fully saturated rings. The normalized spacial score (nSPS) is 13.9. The summed E-state index contributed by atoms with van der Waals surface area (Å²) < 4.78 is 5.13. The zero-order valence-corrected chi connectivity index (χ0v) is 15.6. The van der Waals surface area contributed by atoms with Crippen LogP contribution in [-0.2, 0) is 20.7 Å². The minimum absolute atomic E-state index is 0.0985. The lowest BCUT2D eigenvalue weighted by atomic mass is 10.0. The smallest absolute Gasteiger partial charge is 0.330 e. The summed E-state index contributed by atoms with van der Waals surface area (Å²) >= 11 is 0. The molecule has 1 atom stereocenters. The van der Waals surface area contributed by atoms with E-state index in [0.717, 1.165) is 10.5 Å². The first-order chi connectivity index (χ1) is 13.4. The van der Waals surface area contributed by atoms with Crippen LogP contribution in [0.25, 0.3) is 0 Å². The van der Waals surface area contributed by atoms with Gasteiger partial charge >= 0.3 is 5.97 Å². The maximum absolute atomic E-state index is 12.8.